The van der Waals surface area contributed by atoms with Gasteiger partial charge in [0.2, 0.25) is 0 Å². The zero-order valence-corrected chi connectivity index (χ0v) is 12.7. The average Bonchev–Trinajstić information content (AvgIpc) is 2.35. The standard InChI is InChI=1S/C14H22BrNO/c1-5-10(3)14(16-6-2)11-7-8-13(17-4)12(15)9-11/h7-10,14,16H,5-6H2,1-4H3. The molecule has 0 bridgehead atoms. The summed E-state index contributed by atoms with van der Waals surface area (Å²) in [6.07, 6.45) is 1.17. The van der Waals surface area contributed by atoms with E-state index in [-0.39, 0.29) is 0 Å². The largest absolute Gasteiger partial charge is 0.496 e. The Morgan fingerprint density at radius 3 is 2.53 bits per heavy atom. The van der Waals surface area contributed by atoms with E-state index >= 15 is 0 Å². The SMILES string of the molecule is CCNC(c1ccc(OC)c(Br)c1)C(C)CC. The molecule has 0 aliphatic heterocycles. The minimum atomic E-state index is 0.409. The molecule has 2 atom stereocenters. The first-order valence-corrected chi connectivity index (χ1v) is 7.00. The minimum Gasteiger partial charge on any atom is -0.496 e. The molecule has 0 spiro atoms. The van der Waals surface area contributed by atoms with Crippen molar-refractivity contribution in [2.24, 2.45) is 5.92 Å². The number of hydrogen-bond acceptors (Lipinski definition) is 2. The molecule has 1 aromatic carbocycles. The Morgan fingerprint density at radius 1 is 1.35 bits per heavy atom. The summed E-state index contributed by atoms with van der Waals surface area (Å²) < 4.78 is 6.28. The molecule has 0 radical (unpaired) electrons. The Kier molecular flexibility index (Phi) is 6.00. The summed E-state index contributed by atoms with van der Waals surface area (Å²) in [4.78, 5) is 0. The molecule has 0 heterocycles. The average molecular weight is 300 g/mol. The van der Waals surface area contributed by atoms with E-state index in [1.54, 1.807) is 7.11 Å². The molecule has 0 aliphatic carbocycles. The van der Waals surface area contributed by atoms with Crippen molar-refractivity contribution >= 4 is 15.9 Å². The third-order valence-corrected chi connectivity index (χ3v) is 3.79. The fourth-order valence-electron chi connectivity index (χ4n) is 1.98. The quantitative estimate of drug-likeness (QED) is 0.852. The lowest BCUT2D eigenvalue weighted by Crippen LogP contribution is -2.26. The van der Waals surface area contributed by atoms with Gasteiger partial charge in [0, 0.05) is 6.04 Å². The van der Waals surface area contributed by atoms with Gasteiger partial charge >= 0.3 is 0 Å². The number of methoxy groups -OCH3 is 1. The number of halogens is 1. The molecule has 2 nitrogen and oxygen atoms in total. The van der Waals surface area contributed by atoms with Crippen molar-refractivity contribution < 1.29 is 4.74 Å². The van der Waals surface area contributed by atoms with E-state index in [0.29, 0.717) is 12.0 Å². The van der Waals surface area contributed by atoms with Gasteiger partial charge in [0.25, 0.3) is 0 Å². The van der Waals surface area contributed by atoms with Crippen LogP contribution in [0.15, 0.2) is 22.7 Å². The number of ether oxygens (including phenoxy) is 1. The van der Waals surface area contributed by atoms with Crippen LogP contribution in [0.5, 0.6) is 5.75 Å². The molecule has 1 N–H and O–H groups in total. The molecule has 0 fully saturated rings. The third-order valence-electron chi connectivity index (χ3n) is 3.17. The Morgan fingerprint density at radius 2 is 2.06 bits per heavy atom. The second-order valence-corrected chi connectivity index (χ2v) is 5.17. The lowest BCUT2D eigenvalue weighted by Gasteiger charge is -2.24. The first-order valence-electron chi connectivity index (χ1n) is 6.20. The van der Waals surface area contributed by atoms with Crippen LogP contribution >= 0.6 is 15.9 Å². The smallest absolute Gasteiger partial charge is 0.133 e. The maximum absolute atomic E-state index is 5.26. The van der Waals surface area contributed by atoms with Gasteiger partial charge in [0.05, 0.1) is 11.6 Å². The van der Waals surface area contributed by atoms with Crippen LogP contribution in [-0.4, -0.2) is 13.7 Å². The van der Waals surface area contributed by atoms with E-state index in [1.807, 2.05) is 6.07 Å². The van der Waals surface area contributed by atoms with Crippen LogP contribution in [0.25, 0.3) is 0 Å². The molecule has 17 heavy (non-hydrogen) atoms. The van der Waals surface area contributed by atoms with Crippen molar-refractivity contribution in [2.45, 2.75) is 33.2 Å². The van der Waals surface area contributed by atoms with Crippen LogP contribution in [0.1, 0.15) is 38.8 Å². The monoisotopic (exact) mass is 299 g/mol. The molecule has 1 rings (SSSR count). The summed E-state index contributed by atoms with van der Waals surface area (Å²) >= 11 is 3.54. The lowest BCUT2D eigenvalue weighted by molar-refractivity contribution is 0.381. The van der Waals surface area contributed by atoms with Crippen LogP contribution in [0, 0.1) is 5.92 Å². The molecule has 0 aromatic heterocycles. The van der Waals surface area contributed by atoms with E-state index in [1.165, 1.54) is 12.0 Å². The van der Waals surface area contributed by atoms with Crippen molar-refractivity contribution in [2.75, 3.05) is 13.7 Å². The molecular formula is C14H22BrNO. The molecule has 0 saturated carbocycles. The number of rotatable bonds is 6. The van der Waals surface area contributed by atoms with Gasteiger partial charge < -0.3 is 10.1 Å². The zero-order chi connectivity index (χ0) is 12.8. The van der Waals surface area contributed by atoms with E-state index in [2.05, 4.69) is 54.2 Å². The summed E-state index contributed by atoms with van der Waals surface area (Å²) in [5.74, 6) is 1.50. The minimum absolute atomic E-state index is 0.409. The van der Waals surface area contributed by atoms with Gasteiger partial charge in [-0.15, -0.1) is 0 Å². The van der Waals surface area contributed by atoms with Gasteiger partial charge in [0.1, 0.15) is 5.75 Å². The summed E-state index contributed by atoms with van der Waals surface area (Å²) in [5.41, 5.74) is 1.31. The second kappa shape index (κ2) is 7.02. The van der Waals surface area contributed by atoms with Crippen LogP contribution < -0.4 is 10.1 Å². The number of hydrogen-bond donors (Lipinski definition) is 1. The second-order valence-electron chi connectivity index (χ2n) is 4.31. The third kappa shape index (κ3) is 3.71. The first-order chi connectivity index (χ1) is 8.13. The van der Waals surface area contributed by atoms with Gasteiger partial charge in [-0.05, 0) is 46.1 Å². The number of nitrogens with one attached hydrogen (secondary N) is 1. The Labute approximate surface area is 113 Å². The molecule has 96 valence electrons. The highest BCUT2D eigenvalue weighted by Gasteiger charge is 2.17. The van der Waals surface area contributed by atoms with Gasteiger partial charge in [-0.1, -0.05) is 33.3 Å². The highest BCUT2D eigenvalue weighted by molar-refractivity contribution is 9.10. The first kappa shape index (κ1) is 14.5. The molecule has 0 saturated heterocycles. The summed E-state index contributed by atoms with van der Waals surface area (Å²) in [6, 6.07) is 6.72. The van der Waals surface area contributed by atoms with Crippen LogP contribution in [-0.2, 0) is 0 Å². The van der Waals surface area contributed by atoms with Crippen molar-refractivity contribution in [1.82, 2.24) is 5.32 Å². The van der Waals surface area contributed by atoms with Crippen molar-refractivity contribution in [3.8, 4) is 5.75 Å². The van der Waals surface area contributed by atoms with Crippen molar-refractivity contribution in [1.29, 1.82) is 0 Å². The van der Waals surface area contributed by atoms with Gasteiger partial charge in [-0.3, -0.25) is 0 Å². The molecular weight excluding hydrogens is 278 g/mol. The highest BCUT2D eigenvalue weighted by Crippen LogP contribution is 2.31. The molecule has 0 amide bonds. The molecule has 1 aromatic rings. The molecule has 2 unspecified atom stereocenters. The summed E-state index contributed by atoms with van der Waals surface area (Å²) in [6.45, 7) is 7.64. The van der Waals surface area contributed by atoms with Gasteiger partial charge in [0.15, 0.2) is 0 Å². The summed E-state index contributed by atoms with van der Waals surface area (Å²) in [7, 11) is 1.69. The number of benzene rings is 1. The zero-order valence-electron chi connectivity index (χ0n) is 11.1. The van der Waals surface area contributed by atoms with E-state index < -0.39 is 0 Å². The lowest BCUT2D eigenvalue weighted by atomic mass is 9.92. The van der Waals surface area contributed by atoms with Crippen molar-refractivity contribution in [3.63, 3.8) is 0 Å². The maximum Gasteiger partial charge on any atom is 0.133 e. The predicted octanol–water partition coefficient (Wildman–Crippen LogP) is 4.15. The fourth-order valence-corrected chi connectivity index (χ4v) is 2.54. The maximum atomic E-state index is 5.26. The van der Waals surface area contributed by atoms with E-state index in [9.17, 15) is 0 Å². The van der Waals surface area contributed by atoms with Crippen LogP contribution in [0.2, 0.25) is 0 Å². The Bertz CT molecular complexity index is 354. The predicted molar refractivity (Wildman–Crippen MR) is 76.6 cm³/mol. The molecule has 3 heteroatoms. The van der Waals surface area contributed by atoms with E-state index in [4.69, 9.17) is 4.74 Å². The highest BCUT2D eigenvalue weighted by atomic mass is 79.9. The fraction of sp³-hybridized carbons (Fsp3) is 0.571. The summed E-state index contributed by atoms with van der Waals surface area (Å²) in [5, 5.41) is 3.55. The Hall–Kier alpha value is -0.540. The normalized spacial score (nSPS) is 14.4. The van der Waals surface area contributed by atoms with Gasteiger partial charge in [-0.25, -0.2) is 0 Å². The van der Waals surface area contributed by atoms with Crippen LogP contribution in [0.3, 0.4) is 0 Å². The van der Waals surface area contributed by atoms with Gasteiger partial charge in [-0.2, -0.15) is 0 Å². The Balaban J connectivity index is 2.98. The van der Waals surface area contributed by atoms with Crippen LogP contribution in [0.4, 0.5) is 0 Å². The van der Waals surface area contributed by atoms with Crippen molar-refractivity contribution in [3.05, 3.63) is 28.2 Å². The topological polar surface area (TPSA) is 21.3 Å². The van der Waals surface area contributed by atoms with E-state index in [0.717, 1.165) is 16.8 Å². The molecule has 0 aliphatic rings.